The van der Waals surface area contributed by atoms with Crippen molar-refractivity contribution in [3.8, 4) is 5.75 Å². The van der Waals surface area contributed by atoms with Gasteiger partial charge in [-0.05, 0) is 29.8 Å². The normalized spacial score (nSPS) is 10.7. The summed E-state index contributed by atoms with van der Waals surface area (Å²) in [5.74, 6) is 1.08. The van der Waals surface area contributed by atoms with Crippen LogP contribution in [0.15, 0.2) is 53.7 Å². The number of rotatable bonds is 6. The van der Waals surface area contributed by atoms with Crippen molar-refractivity contribution in [2.75, 3.05) is 12.9 Å². The Morgan fingerprint density at radius 2 is 2.13 bits per heavy atom. The van der Waals surface area contributed by atoms with Crippen LogP contribution in [0.3, 0.4) is 0 Å². The van der Waals surface area contributed by atoms with E-state index in [2.05, 4.69) is 15.3 Å². The van der Waals surface area contributed by atoms with Crippen LogP contribution >= 0.6 is 11.8 Å². The van der Waals surface area contributed by atoms with E-state index in [-0.39, 0.29) is 5.91 Å². The van der Waals surface area contributed by atoms with Gasteiger partial charge in [0.25, 0.3) is 0 Å². The van der Waals surface area contributed by atoms with Gasteiger partial charge in [0.15, 0.2) is 5.16 Å². The molecule has 0 bridgehead atoms. The number of nitrogens with one attached hydrogen (secondary N) is 2. The van der Waals surface area contributed by atoms with E-state index < -0.39 is 0 Å². The lowest BCUT2D eigenvalue weighted by Gasteiger charge is -2.06. The van der Waals surface area contributed by atoms with Gasteiger partial charge in [-0.3, -0.25) is 4.79 Å². The summed E-state index contributed by atoms with van der Waals surface area (Å²) in [5, 5.41) is 3.65. The van der Waals surface area contributed by atoms with Crippen LogP contribution < -0.4 is 10.1 Å². The molecule has 2 aromatic carbocycles. The van der Waals surface area contributed by atoms with E-state index in [9.17, 15) is 4.79 Å². The van der Waals surface area contributed by atoms with Gasteiger partial charge >= 0.3 is 0 Å². The first-order valence-electron chi connectivity index (χ1n) is 7.22. The number of methoxy groups -OCH3 is 1. The quantitative estimate of drug-likeness (QED) is 0.683. The Labute approximate surface area is 138 Å². The van der Waals surface area contributed by atoms with E-state index in [1.807, 2.05) is 48.5 Å². The SMILES string of the molecule is COc1cccc(CNC(=O)CSc2nc3ccccc3[nH]2)c1. The molecule has 6 heteroatoms. The van der Waals surface area contributed by atoms with Gasteiger partial charge in [0.05, 0.1) is 23.9 Å². The van der Waals surface area contributed by atoms with Crippen LogP contribution in [0.5, 0.6) is 5.75 Å². The molecule has 0 atom stereocenters. The fourth-order valence-corrected chi connectivity index (χ4v) is 2.88. The standard InChI is InChI=1S/C17H17N3O2S/c1-22-13-6-4-5-12(9-13)10-18-16(21)11-23-17-19-14-7-2-3-8-15(14)20-17/h2-9H,10-11H2,1H3,(H,18,21)(H,19,20). The largest absolute Gasteiger partial charge is 0.497 e. The molecule has 0 spiro atoms. The van der Waals surface area contributed by atoms with Crippen LogP contribution in [0.2, 0.25) is 0 Å². The molecule has 0 saturated carbocycles. The van der Waals surface area contributed by atoms with Crippen LogP contribution in [-0.4, -0.2) is 28.7 Å². The third-order valence-corrected chi connectivity index (χ3v) is 4.20. The monoisotopic (exact) mass is 327 g/mol. The molecule has 1 aromatic heterocycles. The number of hydrogen-bond acceptors (Lipinski definition) is 4. The molecule has 0 aliphatic carbocycles. The van der Waals surface area contributed by atoms with E-state index >= 15 is 0 Å². The third kappa shape index (κ3) is 4.04. The molecule has 0 unspecified atom stereocenters. The first-order valence-corrected chi connectivity index (χ1v) is 8.20. The van der Waals surface area contributed by atoms with E-state index in [0.717, 1.165) is 27.5 Å². The number of aromatic amines is 1. The highest BCUT2D eigenvalue weighted by atomic mass is 32.2. The van der Waals surface area contributed by atoms with Crippen molar-refractivity contribution < 1.29 is 9.53 Å². The van der Waals surface area contributed by atoms with E-state index in [1.165, 1.54) is 11.8 Å². The van der Waals surface area contributed by atoms with Crippen molar-refractivity contribution in [3.63, 3.8) is 0 Å². The van der Waals surface area contributed by atoms with Gasteiger partial charge in [0.1, 0.15) is 5.75 Å². The van der Waals surface area contributed by atoms with E-state index in [1.54, 1.807) is 7.11 Å². The number of benzene rings is 2. The van der Waals surface area contributed by atoms with Crippen molar-refractivity contribution in [1.82, 2.24) is 15.3 Å². The maximum atomic E-state index is 12.0. The summed E-state index contributed by atoms with van der Waals surface area (Å²) in [6.07, 6.45) is 0. The minimum absolute atomic E-state index is 0.0294. The minimum atomic E-state index is -0.0294. The number of amides is 1. The van der Waals surface area contributed by atoms with Crippen LogP contribution in [0, 0.1) is 0 Å². The Kier molecular flexibility index (Phi) is 4.83. The van der Waals surface area contributed by atoms with E-state index in [0.29, 0.717) is 12.3 Å². The van der Waals surface area contributed by atoms with Crippen LogP contribution in [0.25, 0.3) is 11.0 Å². The Balaban J connectivity index is 1.51. The van der Waals surface area contributed by atoms with Gasteiger partial charge in [-0.1, -0.05) is 36.0 Å². The fourth-order valence-electron chi connectivity index (χ4n) is 2.17. The zero-order valence-corrected chi connectivity index (χ0v) is 13.5. The van der Waals surface area contributed by atoms with Gasteiger partial charge in [0, 0.05) is 6.54 Å². The summed E-state index contributed by atoms with van der Waals surface area (Å²) in [6, 6.07) is 15.5. The minimum Gasteiger partial charge on any atom is -0.497 e. The topological polar surface area (TPSA) is 67.0 Å². The average molecular weight is 327 g/mol. The number of para-hydroxylation sites is 2. The summed E-state index contributed by atoms with van der Waals surface area (Å²) in [5.41, 5.74) is 2.89. The number of carbonyl (C=O) groups is 1. The molecule has 0 aliphatic rings. The molecule has 1 amide bonds. The fraction of sp³-hybridized carbons (Fsp3) is 0.176. The number of hydrogen-bond donors (Lipinski definition) is 2. The Morgan fingerprint density at radius 1 is 1.26 bits per heavy atom. The predicted molar refractivity (Wildman–Crippen MR) is 91.7 cm³/mol. The average Bonchev–Trinajstić information content (AvgIpc) is 3.01. The third-order valence-electron chi connectivity index (χ3n) is 3.33. The molecule has 118 valence electrons. The number of aromatic nitrogens is 2. The summed E-state index contributed by atoms with van der Waals surface area (Å²) in [7, 11) is 1.63. The van der Waals surface area contributed by atoms with Gasteiger partial charge in [-0.25, -0.2) is 4.98 Å². The number of carbonyl (C=O) groups excluding carboxylic acids is 1. The molecule has 5 nitrogen and oxygen atoms in total. The highest BCUT2D eigenvalue weighted by Crippen LogP contribution is 2.19. The molecule has 2 N–H and O–H groups in total. The summed E-state index contributed by atoms with van der Waals surface area (Å²) in [6.45, 7) is 0.483. The van der Waals surface area contributed by atoms with Crippen LogP contribution in [0.4, 0.5) is 0 Å². The van der Waals surface area contributed by atoms with Crippen molar-refractivity contribution in [2.45, 2.75) is 11.7 Å². The Bertz CT molecular complexity index is 783. The molecule has 3 aromatic rings. The van der Waals surface area contributed by atoms with Gasteiger partial charge in [-0.15, -0.1) is 0 Å². The highest BCUT2D eigenvalue weighted by Gasteiger charge is 2.07. The van der Waals surface area contributed by atoms with Crippen molar-refractivity contribution in [1.29, 1.82) is 0 Å². The number of thioether (sulfide) groups is 1. The molecular formula is C17H17N3O2S. The van der Waals surface area contributed by atoms with Crippen LogP contribution in [0.1, 0.15) is 5.56 Å². The summed E-state index contributed by atoms with van der Waals surface area (Å²) >= 11 is 1.39. The molecule has 0 fully saturated rings. The van der Waals surface area contributed by atoms with Crippen molar-refractivity contribution in [3.05, 3.63) is 54.1 Å². The number of ether oxygens (including phenoxy) is 1. The van der Waals surface area contributed by atoms with Crippen LogP contribution in [-0.2, 0) is 11.3 Å². The molecule has 1 heterocycles. The lowest BCUT2D eigenvalue weighted by Crippen LogP contribution is -2.24. The number of nitrogens with zero attached hydrogens (tertiary/aromatic N) is 1. The second-order valence-corrected chi connectivity index (χ2v) is 5.94. The smallest absolute Gasteiger partial charge is 0.230 e. The second kappa shape index (κ2) is 7.19. The van der Waals surface area contributed by atoms with Crippen molar-refractivity contribution in [2.24, 2.45) is 0 Å². The summed E-state index contributed by atoms with van der Waals surface area (Å²) in [4.78, 5) is 19.6. The van der Waals surface area contributed by atoms with Gasteiger partial charge in [-0.2, -0.15) is 0 Å². The van der Waals surface area contributed by atoms with Gasteiger partial charge < -0.3 is 15.0 Å². The van der Waals surface area contributed by atoms with E-state index in [4.69, 9.17) is 4.74 Å². The maximum absolute atomic E-state index is 12.0. The second-order valence-electron chi connectivity index (χ2n) is 4.98. The molecule has 3 rings (SSSR count). The predicted octanol–water partition coefficient (Wildman–Crippen LogP) is 2.98. The Morgan fingerprint density at radius 3 is 2.96 bits per heavy atom. The lowest BCUT2D eigenvalue weighted by molar-refractivity contribution is -0.118. The number of fused-ring (bicyclic) bond motifs is 1. The summed E-state index contributed by atoms with van der Waals surface area (Å²) < 4.78 is 5.17. The molecule has 23 heavy (non-hydrogen) atoms. The zero-order chi connectivity index (χ0) is 16.1. The number of H-pyrrole nitrogens is 1. The highest BCUT2D eigenvalue weighted by molar-refractivity contribution is 7.99. The number of imidazole rings is 1. The van der Waals surface area contributed by atoms with Crippen molar-refractivity contribution >= 4 is 28.7 Å². The molecule has 0 aliphatic heterocycles. The first kappa shape index (κ1) is 15.4. The maximum Gasteiger partial charge on any atom is 0.230 e. The van der Waals surface area contributed by atoms with Gasteiger partial charge in [0.2, 0.25) is 5.91 Å². The first-order chi connectivity index (χ1) is 11.2. The molecular weight excluding hydrogens is 310 g/mol. The Hall–Kier alpha value is -2.47. The lowest BCUT2D eigenvalue weighted by atomic mass is 10.2. The zero-order valence-electron chi connectivity index (χ0n) is 12.7. The molecule has 0 radical (unpaired) electrons. The molecule has 0 saturated heterocycles.